The molecule has 184 valence electrons. The van der Waals surface area contributed by atoms with E-state index in [0.717, 1.165) is 42.5 Å². The average molecular weight is 478 g/mol. The summed E-state index contributed by atoms with van der Waals surface area (Å²) in [5.74, 6) is 7.86. The lowest BCUT2D eigenvalue weighted by molar-refractivity contribution is -0.124. The summed E-state index contributed by atoms with van der Waals surface area (Å²) < 4.78 is 7.36. The first-order chi connectivity index (χ1) is 16.9. The van der Waals surface area contributed by atoms with Crippen LogP contribution in [0.5, 0.6) is 0 Å². The van der Waals surface area contributed by atoms with E-state index >= 15 is 0 Å². The van der Waals surface area contributed by atoms with Crippen LogP contribution in [0.3, 0.4) is 0 Å². The van der Waals surface area contributed by atoms with Crippen LogP contribution in [0.15, 0.2) is 47.2 Å². The summed E-state index contributed by atoms with van der Waals surface area (Å²) in [4.78, 5) is 16.0. The van der Waals surface area contributed by atoms with Crippen molar-refractivity contribution in [1.29, 1.82) is 0 Å². The number of aliphatic hydroxyl groups is 2. The van der Waals surface area contributed by atoms with Crippen LogP contribution in [0.25, 0.3) is 11.3 Å². The van der Waals surface area contributed by atoms with Gasteiger partial charge in [-0.05, 0) is 56.9 Å². The third kappa shape index (κ3) is 6.36. The third-order valence-corrected chi connectivity index (χ3v) is 6.21. The maximum atomic E-state index is 11.8. The van der Waals surface area contributed by atoms with Gasteiger partial charge in [0.05, 0.1) is 13.2 Å². The van der Waals surface area contributed by atoms with Crippen molar-refractivity contribution in [1.82, 2.24) is 20.0 Å². The van der Waals surface area contributed by atoms with E-state index in [1.807, 2.05) is 34.9 Å². The molecule has 35 heavy (non-hydrogen) atoms. The summed E-state index contributed by atoms with van der Waals surface area (Å²) >= 11 is 0. The zero-order valence-corrected chi connectivity index (χ0v) is 19.7. The number of hydrogen-bond donors (Lipinski definition) is 4. The van der Waals surface area contributed by atoms with Crippen molar-refractivity contribution in [2.24, 2.45) is 11.7 Å². The normalized spacial score (nSPS) is 19.4. The van der Waals surface area contributed by atoms with Crippen LogP contribution in [0.2, 0.25) is 0 Å². The Morgan fingerprint density at radius 2 is 2.03 bits per heavy atom. The van der Waals surface area contributed by atoms with Crippen LogP contribution in [0.1, 0.15) is 55.8 Å². The van der Waals surface area contributed by atoms with E-state index in [0.29, 0.717) is 24.0 Å². The Labute approximate surface area is 204 Å². The van der Waals surface area contributed by atoms with E-state index in [1.165, 1.54) is 0 Å². The van der Waals surface area contributed by atoms with Gasteiger partial charge in [0, 0.05) is 41.5 Å². The third-order valence-electron chi connectivity index (χ3n) is 6.21. The molecule has 1 unspecified atom stereocenters. The Balaban J connectivity index is 1.30. The monoisotopic (exact) mass is 477 g/mol. The van der Waals surface area contributed by atoms with Crippen LogP contribution in [-0.2, 0) is 11.3 Å². The van der Waals surface area contributed by atoms with Crippen molar-refractivity contribution in [3.63, 3.8) is 0 Å². The van der Waals surface area contributed by atoms with Gasteiger partial charge in [0.1, 0.15) is 23.7 Å². The van der Waals surface area contributed by atoms with Gasteiger partial charge in [0.25, 0.3) is 0 Å². The molecule has 5 N–H and O–H groups in total. The molecule has 2 atom stereocenters. The number of hydrogen-bond acceptors (Lipinski definition) is 7. The molecule has 0 radical (unpaired) electrons. The SMILES string of the molecule is C[C@H](O)c1nccn1Cc1cc(-c2ccc(C#CC3CCC(NC(=O)C(N)CO)CC3)cc2)on1. The van der Waals surface area contributed by atoms with Gasteiger partial charge in [-0.25, -0.2) is 4.98 Å². The predicted octanol–water partition coefficient (Wildman–Crippen LogP) is 1.99. The number of aromatic nitrogens is 3. The van der Waals surface area contributed by atoms with Gasteiger partial charge in [-0.3, -0.25) is 4.79 Å². The minimum absolute atomic E-state index is 0.0941. The van der Waals surface area contributed by atoms with E-state index in [-0.39, 0.29) is 18.6 Å². The molecule has 1 aromatic carbocycles. The number of aliphatic hydroxyl groups excluding tert-OH is 2. The number of carbonyl (C=O) groups excluding carboxylic acids is 1. The highest BCUT2D eigenvalue weighted by atomic mass is 16.5. The van der Waals surface area contributed by atoms with Crippen molar-refractivity contribution in [3.05, 3.63) is 59.8 Å². The molecule has 0 saturated heterocycles. The van der Waals surface area contributed by atoms with Gasteiger partial charge in [0.2, 0.25) is 5.91 Å². The fourth-order valence-corrected chi connectivity index (χ4v) is 4.20. The zero-order valence-electron chi connectivity index (χ0n) is 19.7. The number of amides is 1. The van der Waals surface area contributed by atoms with E-state index in [2.05, 4.69) is 27.3 Å². The first kappa shape index (κ1) is 24.7. The summed E-state index contributed by atoms with van der Waals surface area (Å²) in [7, 11) is 0. The molecule has 4 rings (SSSR count). The quantitative estimate of drug-likeness (QED) is 0.382. The van der Waals surface area contributed by atoms with Gasteiger partial charge in [0.15, 0.2) is 5.76 Å². The van der Waals surface area contributed by atoms with E-state index in [9.17, 15) is 9.90 Å². The fraction of sp³-hybridized carbons (Fsp3) is 0.423. The van der Waals surface area contributed by atoms with Crippen molar-refractivity contribution in [2.75, 3.05) is 6.61 Å². The number of nitrogens with two attached hydrogens (primary N) is 1. The summed E-state index contributed by atoms with van der Waals surface area (Å²) in [6, 6.07) is 8.97. The second kappa shape index (κ2) is 11.3. The largest absolute Gasteiger partial charge is 0.394 e. The second-order valence-electron chi connectivity index (χ2n) is 8.96. The molecule has 0 bridgehead atoms. The average Bonchev–Trinajstić information content (AvgIpc) is 3.53. The summed E-state index contributed by atoms with van der Waals surface area (Å²) in [6.45, 7) is 1.80. The van der Waals surface area contributed by atoms with Gasteiger partial charge in [-0.2, -0.15) is 0 Å². The standard InChI is InChI=1S/C26H31N5O4/c1-17(33)25-28-12-13-31(25)15-22-14-24(35-30-22)20-8-4-18(5-9-20)2-3-19-6-10-21(11-7-19)29-26(34)23(27)16-32/h4-5,8-9,12-14,17,19,21,23,32-33H,6-7,10-11,15-16,27H2,1H3,(H,29,34)/t17-,19?,21?,23?/m0/s1. The first-order valence-electron chi connectivity index (χ1n) is 11.9. The topological polar surface area (TPSA) is 139 Å². The highest BCUT2D eigenvalue weighted by Gasteiger charge is 2.23. The molecule has 2 aromatic heterocycles. The molecule has 0 spiro atoms. The smallest absolute Gasteiger partial charge is 0.239 e. The highest BCUT2D eigenvalue weighted by molar-refractivity contribution is 5.81. The highest BCUT2D eigenvalue weighted by Crippen LogP contribution is 2.25. The summed E-state index contributed by atoms with van der Waals surface area (Å²) in [5.41, 5.74) is 8.14. The van der Waals surface area contributed by atoms with Crippen molar-refractivity contribution in [2.45, 2.75) is 57.3 Å². The van der Waals surface area contributed by atoms with Crippen LogP contribution in [-0.4, -0.2) is 49.5 Å². The summed E-state index contributed by atoms with van der Waals surface area (Å²) in [6.07, 6.45) is 6.34. The number of imidazole rings is 1. The second-order valence-corrected chi connectivity index (χ2v) is 8.96. The van der Waals surface area contributed by atoms with Crippen LogP contribution in [0.4, 0.5) is 0 Å². The van der Waals surface area contributed by atoms with Gasteiger partial charge >= 0.3 is 0 Å². The molecule has 9 nitrogen and oxygen atoms in total. The molecule has 2 heterocycles. The Bertz CT molecular complexity index is 1180. The van der Waals surface area contributed by atoms with Crippen molar-refractivity contribution >= 4 is 5.91 Å². The fourth-order valence-electron chi connectivity index (χ4n) is 4.20. The Kier molecular flexibility index (Phi) is 7.98. The number of nitrogens with zero attached hydrogens (tertiary/aromatic N) is 3. The number of nitrogens with one attached hydrogen (secondary N) is 1. The Morgan fingerprint density at radius 3 is 2.71 bits per heavy atom. The minimum atomic E-state index is -0.862. The van der Waals surface area contributed by atoms with E-state index in [1.54, 1.807) is 19.3 Å². The van der Waals surface area contributed by atoms with Crippen molar-refractivity contribution < 1.29 is 19.5 Å². The molecule has 1 aliphatic carbocycles. The predicted molar refractivity (Wildman–Crippen MR) is 130 cm³/mol. The maximum absolute atomic E-state index is 11.8. The van der Waals surface area contributed by atoms with E-state index < -0.39 is 12.1 Å². The zero-order chi connectivity index (χ0) is 24.8. The number of rotatable bonds is 7. The van der Waals surface area contributed by atoms with Crippen LogP contribution in [0, 0.1) is 17.8 Å². The van der Waals surface area contributed by atoms with Crippen molar-refractivity contribution in [3.8, 4) is 23.2 Å². The van der Waals surface area contributed by atoms with Crippen LogP contribution < -0.4 is 11.1 Å². The number of benzene rings is 1. The maximum Gasteiger partial charge on any atom is 0.239 e. The van der Waals surface area contributed by atoms with Gasteiger partial charge in [-0.15, -0.1) is 0 Å². The molecule has 9 heteroatoms. The lowest BCUT2D eigenvalue weighted by Crippen LogP contribution is -2.48. The lowest BCUT2D eigenvalue weighted by atomic mass is 9.86. The van der Waals surface area contributed by atoms with Gasteiger partial charge in [-0.1, -0.05) is 17.0 Å². The molecular formula is C26H31N5O4. The molecule has 3 aromatic rings. The van der Waals surface area contributed by atoms with Crippen LogP contribution >= 0.6 is 0 Å². The minimum Gasteiger partial charge on any atom is -0.394 e. The molecule has 1 amide bonds. The first-order valence-corrected chi connectivity index (χ1v) is 11.9. The molecule has 1 fully saturated rings. The molecule has 1 saturated carbocycles. The Morgan fingerprint density at radius 1 is 1.29 bits per heavy atom. The molecular weight excluding hydrogens is 446 g/mol. The Hall–Kier alpha value is -3.45. The molecule has 1 aliphatic rings. The van der Waals surface area contributed by atoms with E-state index in [4.69, 9.17) is 15.4 Å². The number of carbonyl (C=O) groups is 1. The lowest BCUT2D eigenvalue weighted by Gasteiger charge is -2.27. The molecule has 0 aliphatic heterocycles. The van der Waals surface area contributed by atoms with Gasteiger partial charge < -0.3 is 30.4 Å². The summed E-state index contributed by atoms with van der Waals surface area (Å²) in [5, 5.41) is 25.9.